The van der Waals surface area contributed by atoms with Crippen molar-refractivity contribution in [2.75, 3.05) is 0 Å². The Bertz CT molecular complexity index is 247. The van der Waals surface area contributed by atoms with Gasteiger partial charge in [-0.1, -0.05) is 18.2 Å². The molecule has 16 heavy (non-hydrogen) atoms. The van der Waals surface area contributed by atoms with Gasteiger partial charge in [0, 0.05) is 0 Å². The molecule has 0 bridgehead atoms. The molecule has 0 fully saturated rings. The standard InChI is InChI=1S/C9H8O.6H2O/c1-2-6-9-8(4-1)5-3-7-10-9;;;;;;/h1-4,6-7H,5H2;6*1H2. The van der Waals surface area contributed by atoms with E-state index in [2.05, 4.69) is 6.07 Å². The number of benzene rings is 1. The summed E-state index contributed by atoms with van der Waals surface area (Å²) in [6.07, 6.45) is 4.75. The van der Waals surface area contributed by atoms with Gasteiger partial charge >= 0.3 is 0 Å². The molecule has 98 valence electrons. The lowest BCUT2D eigenvalue weighted by Crippen LogP contribution is -1.94. The van der Waals surface area contributed by atoms with Crippen molar-refractivity contribution in [1.82, 2.24) is 0 Å². The molecule has 0 aliphatic carbocycles. The van der Waals surface area contributed by atoms with Crippen LogP contribution in [0.4, 0.5) is 0 Å². The monoisotopic (exact) mass is 240 g/mol. The zero-order chi connectivity index (χ0) is 6.81. The molecule has 0 spiro atoms. The van der Waals surface area contributed by atoms with Crippen LogP contribution in [0, 0.1) is 0 Å². The number of allylic oxidation sites excluding steroid dienone is 1. The van der Waals surface area contributed by atoms with Gasteiger partial charge in [-0.25, -0.2) is 0 Å². The van der Waals surface area contributed by atoms with Gasteiger partial charge in [-0.2, -0.15) is 0 Å². The average molecular weight is 240 g/mol. The first kappa shape index (κ1) is 29.3. The van der Waals surface area contributed by atoms with Crippen LogP contribution in [0.25, 0.3) is 0 Å². The Labute approximate surface area is 92.8 Å². The summed E-state index contributed by atoms with van der Waals surface area (Å²) >= 11 is 0. The second-order valence-electron chi connectivity index (χ2n) is 2.30. The van der Waals surface area contributed by atoms with E-state index in [0.29, 0.717) is 0 Å². The highest BCUT2D eigenvalue weighted by Gasteiger charge is 2.02. The third kappa shape index (κ3) is 6.09. The number of rotatable bonds is 0. The number of hydrogen-bond acceptors (Lipinski definition) is 1. The van der Waals surface area contributed by atoms with E-state index in [1.165, 1.54) is 5.56 Å². The maximum atomic E-state index is 5.24. The molecule has 0 amide bonds. The van der Waals surface area contributed by atoms with Crippen LogP contribution >= 0.6 is 0 Å². The molecular weight excluding hydrogens is 220 g/mol. The van der Waals surface area contributed by atoms with Crippen LogP contribution < -0.4 is 4.74 Å². The van der Waals surface area contributed by atoms with Gasteiger partial charge in [-0.15, -0.1) is 0 Å². The summed E-state index contributed by atoms with van der Waals surface area (Å²) in [6, 6.07) is 8.08. The van der Waals surface area contributed by atoms with Gasteiger partial charge in [0.25, 0.3) is 0 Å². The SMILES string of the molecule is C1=COc2ccccc2C1.O.O.O.O.O.O. The lowest BCUT2D eigenvalue weighted by molar-refractivity contribution is 0.464. The van der Waals surface area contributed by atoms with Crippen molar-refractivity contribution in [1.29, 1.82) is 0 Å². The van der Waals surface area contributed by atoms with Crippen LogP contribution in [0.2, 0.25) is 0 Å². The van der Waals surface area contributed by atoms with E-state index < -0.39 is 0 Å². The molecule has 0 radical (unpaired) electrons. The maximum absolute atomic E-state index is 5.24. The zero-order valence-corrected chi connectivity index (χ0v) is 8.58. The van der Waals surface area contributed by atoms with E-state index in [1.54, 1.807) is 6.26 Å². The smallest absolute Gasteiger partial charge is 0.130 e. The van der Waals surface area contributed by atoms with Crippen molar-refractivity contribution in [3.05, 3.63) is 42.2 Å². The predicted octanol–water partition coefficient (Wildman–Crippen LogP) is -2.81. The summed E-state index contributed by atoms with van der Waals surface area (Å²) in [7, 11) is 0. The quantitative estimate of drug-likeness (QED) is 0.463. The molecule has 1 heterocycles. The Morgan fingerprint density at radius 2 is 1.38 bits per heavy atom. The Hall–Kier alpha value is -1.48. The number of ether oxygens (including phenoxy) is 1. The van der Waals surface area contributed by atoms with E-state index in [9.17, 15) is 0 Å². The van der Waals surface area contributed by atoms with Gasteiger partial charge < -0.3 is 37.6 Å². The summed E-state index contributed by atoms with van der Waals surface area (Å²) in [6.45, 7) is 0. The van der Waals surface area contributed by atoms with Gasteiger partial charge in [0.15, 0.2) is 0 Å². The van der Waals surface area contributed by atoms with Crippen LogP contribution in [-0.2, 0) is 6.42 Å². The predicted molar refractivity (Wildman–Crippen MR) is 61.6 cm³/mol. The molecule has 1 aromatic carbocycles. The first-order chi connectivity index (χ1) is 4.97. The van der Waals surface area contributed by atoms with Gasteiger partial charge in [0.1, 0.15) is 5.75 Å². The molecule has 2 rings (SSSR count). The second-order valence-corrected chi connectivity index (χ2v) is 2.30. The molecule has 0 saturated carbocycles. The Balaban J connectivity index is -0.0000000672. The molecule has 12 N–H and O–H groups in total. The van der Waals surface area contributed by atoms with Gasteiger partial charge in [0.05, 0.1) is 6.26 Å². The van der Waals surface area contributed by atoms with E-state index >= 15 is 0 Å². The first-order valence-electron chi connectivity index (χ1n) is 3.36. The Kier molecular flexibility index (Phi) is 24.7. The minimum Gasteiger partial charge on any atom is -0.465 e. The third-order valence-corrected chi connectivity index (χ3v) is 1.60. The van der Waals surface area contributed by atoms with Gasteiger partial charge in [-0.05, 0) is 24.1 Å². The van der Waals surface area contributed by atoms with Crippen LogP contribution in [0.1, 0.15) is 5.56 Å². The van der Waals surface area contributed by atoms with Gasteiger partial charge in [0.2, 0.25) is 0 Å². The number of fused-ring (bicyclic) bond motifs is 1. The topological polar surface area (TPSA) is 198 Å². The van der Waals surface area contributed by atoms with Crippen molar-refractivity contribution >= 4 is 0 Å². The lowest BCUT2D eigenvalue weighted by Gasteiger charge is -2.09. The largest absolute Gasteiger partial charge is 0.465 e. The van der Waals surface area contributed by atoms with E-state index in [4.69, 9.17) is 4.74 Å². The first-order valence-corrected chi connectivity index (χ1v) is 3.36. The molecule has 0 aromatic heterocycles. The molecule has 7 nitrogen and oxygen atoms in total. The fourth-order valence-corrected chi connectivity index (χ4v) is 1.08. The van der Waals surface area contributed by atoms with Crippen molar-refractivity contribution in [3.8, 4) is 5.75 Å². The van der Waals surface area contributed by atoms with Crippen molar-refractivity contribution in [2.24, 2.45) is 0 Å². The van der Waals surface area contributed by atoms with E-state index in [0.717, 1.165) is 12.2 Å². The van der Waals surface area contributed by atoms with Gasteiger partial charge in [-0.3, -0.25) is 0 Å². The maximum Gasteiger partial charge on any atom is 0.130 e. The molecular formula is C9H20O7. The van der Waals surface area contributed by atoms with Crippen molar-refractivity contribution in [2.45, 2.75) is 6.42 Å². The van der Waals surface area contributed by atoms with Crippen LogP contribution in [-0.4, -0.2) is 32.9 Å². The van der Waals surface area contributed by atoms with Crippen LogP contribution in [0.15, 0.2) is 36.6 Å². The normalized spacial score (nSPS) is 8.75. The summed E-state index contributed by atoms with van der Waals surface area (Å²) < 4.78 is 5.24. The van der Waals surface area contributed by atoms with Crippen molar-refractivity contribution < 1.29 is 37.6 Å². The molecule has 0 saturated heterocycles. The fourth-order valence-electron chi connectivity index (χ4n) is 1.08. The summed E-state index contributed by atoms with van der Waals surface area (Å²) in [5.41, 5.74) is 1.27. The molecule has 0 atom stereocenters. The van der Waals surface area contributed by atoms with Crippen LogP contribution in [0.5, 0.6) is 5.75 Å². The Morgan fingerprint density at radius 1 is 0.812 bits per heavy atom. The Morgan fingerprint density at radius 3 is 1.94 bits per heavy atom. The fraction of sp³-hybridized carbons (Fsp3) is 0.111. The molecule has 1 aliphatic heterocycles. The molecule has 1 aliphatic rings. The van der Waals surface area contributed by atoms with Crippen LogP contribution in [0.3, 0.4) is 0 Å². The number of hydrogen-bond donors (Lipinski definition) is 0. The second kappa shape index (κ2) is 13.5. The molecule has 7 heteroatoms. The molecule has 1 aromatic rings. The highest BCUT2D eigenvalue weighted by atomic mass is 16.5. The average Bonchev–Trinajstić information content (AvgIpc) is 2.05. The summed E-state index contributed by atoms with van der Waals surface area (Å²) in [5.74, 6) is 0.991. The minimum atomic E-state index is 0. The third-order valence-electron chi connectivity index (χ3n) is 1.60. The summed E-state index contributed by atoms with van der Waals surface area (Å²) in [4.78, 5) is 0. The van der Waals surface area contributed by atoms with Crippen molar-refractivity contribution in [3.63, 3.8) is 0 Å². The highest BCUT2D eigenvalue weighted by Crippen LogP contribution is 2.21. The zero-order valence-electron chi connectivity index (χ0n) is 8.58. The number of para-hydroxylation sites is 1. The molecule has 0 unspecified atom stereocenters. The van der Waals surface area contributed by atoms with E-state index in [-0.39, 0.29) is 32.9 Å². The highest BCUT2D eigenvalue weighted by molar-refractivity contribution is 5.36. The van der Waals surface area contributed by atoms with E-state index in [1.807, 2.05) is 24.3 Å². The summed E-state index contributed by atoms with van der Waals surface area (Å²) in [5, 5.41) is 0. The minimum absolute atomic E-state index is 0. The lowest BCUT2D eigenvalue weighted by atomic mass is 10.1.